The maximum absolute atomic E-state index is 11.6. The molecule has 1 fully saturated rings. The highest BCUT2D eigenvalue weighted by molar-refractivity contribution is 5.96. The number of Topliss-reactive ketones (excluding diaryl/α,β-unsaturated/α-hetero) is 1. The summed E-state index contributed by atoms with van der Waals surface area (Å²) < 4.78 is 0. The molecular formula is C15H22N2O. The first kappa shape index (κ1) is 13.1. The molecule has 18 heavy (non-hydrogen) atoms. The van der Waals surface area contributed by atoms with Crippen LogP contribution in [0.2, 0.25) is 0 Å². The number of benzene rings is 1. The molecule has 1 aromatic rings. The molecule has 1 saturated heterocycles. The van der Waals surface area contributed by atoms with E-state index in [9.17, 15) is 4.79 Å². The van der Waals surface area contributed by atoms with Crippen LogP contribution in [0.15, 0.2) is 18.2 Å². The first-order valence-electron chi connectivity index (χ1n) is 6.71. The minimum atomic E-state index is 0.154. The number of piperazine rings is 1. The summed E-state index contributed by atoms with van der Waals surface area (Å²) in [6.07, 6.45) is 0. The van der Waals surface area contributed by atoms with Gasteiger partial charge in [0.15, 0.2) is 5.78 Å². The van der Waals surface area contributed by atoms with Crippen molar-refractivity contribution in [3.63, 3.8) is 0 Å². The van der Waals surface area contributed by atoms with Crippen LogP contribution in [0, 0.1) is 6.92 Å². The molecule has 1 aliphatic rings. The molecule has 1 heterocycles. The van der Waals surface area contributed by atoms with E-state index in [-0.39, 0.29) is 5.78 Å². The molecule has 0 saturated carbocycles. The highest BCUT2D eigenvalue weighted by Gasteiger charge is 2.18. The van der Waals surface area contributed by atoms with Crippen LogP contribution in [0.1, 0.15) is 29.8 Å². The average Bonchev–Trinajstić information content (AvgIpc) is 2.39. The normalized spacial score (nSPS) is 16.9. The van der Waals surface area contributed by atoms with Gasteiger partial charge < -0.3 is 9.80 Å². The number of ketones is 1. The second-order valence-corrected chi connectivity index (χ2v) is 4.93. The Bertz CT molecular complexity index is 434. The van der Waals surface area contributed by atoms with E-state index in [1.807, 2.05) is 12.1 Å². The minimum Gasteiger partial charge on any atom is -0.369 e. The first-order valence-corrected chi connectivity index (χ1v) is 6.71. The summed E-state index contributed by atoms with van der Waals surface area (Å²) in [5.74, 6) is 0.154. The topological polar surface area (TPSA) is 23.6 Å². The lowest BCUT2D eigenvalue weighted by atomic mass is 10.0. The summed E-state index contributed by atoms with van der Waals surface area (Å²) in [5.41, 5.74) is 3.19. The number of rotatable bonds is 3. The number of likely N-dealkylation sites (N-methyl/N-ethyl adjacent to an activating group) is 1. The molecule has 0 unspecified atom stereocenters. The standard InChI is InChI=1S/C15H22N2O/c1-4-16-8-10-17(11-9-16)15-7-5-6-14(12(15)2)13(3)18/h5-7H,4,8-11H2,1-3H3. The Balaban J connectivity index is 2.19. The molecule has 1 aromatic carbocycles. The van der Waals surface area contributed by atoms with E-state index in [1.54, 1.807) is 6.92 Å². The van der Waals surface area contributed by atoms with E-state index >= 15 is 0 Å². The van der Waals surface area contributed by atoms with Crippen LogP contribution in [0.4, 0.5) is 5.69 Å². The molecule has 0 atom stereocenters. The fourth-order valence-electron chi connectivity index (χ4n) is 2.65. The number of carbonyl (C=O) groups is 1. The molecule has 2 rings (SSSR count). The van der Waals surface area contributed by atoms with Crippen molar-refractivity contribution in [3.8, 4) is 0 Å². The number of carbonyl (C=O) groups excluding carboxylic acids is 1. The van der Waals surface area contributed by atoms with Crippen molar-refractivity contribution in [2.24, 2.45) is 0 Å². The van der Waals surface area contributed by atoms with E-state index in [0.717, 1.165) is 43.9 Å². The first-order chi connectivity index (χ1) is 8.63. The minimum absolute atomic E-state index is 0.154. The molecule has 3 nitrogen and oxygen atoms in total. The molecule has 0 aliphatic carbocycles. The Morgan fingerprint density at radius 3 is 2.44 bits per heavy atom. The molecular weight excluding hydrogens is 224 g/mol. The van der Waals surface area contributed by atoms with Gasteiger partial charge in [0.2, 0.25) is 0 Å². The van der Waals surface area contributed by atoms with Crippen molar-refractivity contribution in [1.82, 2.24) is 4.90 Å². The van der Waals surface area contributed by atoms with Gasteiger partial charge in [-0.1, -0.05) is 19.1 Å². The predicted octanol–water partition coefficient (Wildman–Crippen LogP) is 2.34. The van der Waals surface area contributed by atoms with Crippen LogP contribution >= 0.6 is 0 Å². The average molecular weight is 246 g/mol. The van der Waals surface area contributed by atoms with Crippen molar-refractivity contribution in [1.29, 1.82) is 0 Å². The zero-order valence-electron chi connectivity index (χ0n) is 11.6. The highest BCUT2D eigenvalue weighted by atomic mass is 16.1. The molecule has 0 aromatic heterocycles. The van der Waals surface area contributed by atoms with Gasteiger partial charge in [-0.05, 0) is 32.0 Å². The fraction of sp³-hybridized carbons (Fsp3) is 0.533. The second-order valence-electron chi connectivity index (χ2n) is 4.93. The van der Waals surface area contributed by atoms with Crippen LogP contribution in [0.5, 0.6) is 0 Å². The third-order valence-electron chi connectivity index (χ3n) is 3.84. The summed E-state index contributed by atoms with van der Waals surface area (Å²) in [6, 6.07) is 6.04. The van der Waals surface area contributed by atoms with E-state index in [0.29, 0.717) is 0 Å². The summed E-state index contributed by atoms with van der Waals surface area (Å²) >= 11 is 0. The van der Waals surface area contributed by atoms with Crippen LogP contribution < -0.4 is 4.90 Å². The second kappa shape index (κ2) is 5.53. The van der Waals surface area contributed by atoms with Gasteiger partial charge in [-0.3, -0.25) is 4.79 Å². The molecule has 0 radical (unpaired) electrons. The quantitative estimate of drug-likeness (QED) is 0.765. The maximum Gasteiger partial charge on any atom is 0.160 e. The Morgan fingerprint density at radius 1 is 1.22 bits per heavy atom. The molecule has 0 amide bonds. The van der Waals surface area contributed by atoms with Crippen molar-refractivity contribution in [2.75, 3.05) is 37.6 Å². The highest BCUT2D eigenvalue weighted by Crippen LogP contribution is 2.24. The summed E-state index contributed by atoms with van der Waals surface area (Å²) in [5, 5.41) is 0. The smallest absolute Gasteiger partial charge is 0.160 e. The van der Waals surface area contributed by atoms with Gasteiger partial charge in [0, 0.05) is 37.4 Å². The zero-order chi connectivity index (χ0) is 13.1. The third-order valence-corrected chi connectivity index (χ3v) is 3.84. The van der Waals surface area contributed by atoms with Gasteiger partial charge in [-0.2, -0.15) is 0 Å². The van der Waals surface area contributed by atoms with Gasteiger partial charge in [0.1, 0.15) is 0 Å². The molecule has 98 valence electrons. The third kappa shape index (κ3) is 2.56. The van der Waals surface area contributed by atoms with E-state index in [1.165, 1.54) is 5.69 Å². The number of hydrogen-bond donors (Lipinski definition) is 0. The molecule has 0 spiro atoms. The molecule has 3 heteroatoms. The van der Waals surface area contributed by atoms with E-state index in [4.69, 9.17) is 0 Å². The monoisotopic (exact) mass is 246 g/mol. The lowest BCUT2D eigenvalue weighted by molar-refractivity contribution is 0.101. The predicted molar refractivity (Wildman–Crippen MR) is 75.5 cm³/mol. The zero-order valence-corrected chi connectivity index (χ0v) is 11.6. The van der Waals surface area contributed by atoms with Crippen molar-refractivity contribution >= 4 is 11.5 Å². The van der Waals surface area contributed by atoms with Gasteiger partial charge in [-0.25, -0.2) is 0 Å². The van der Waals surface area contributed by atoms with Crippen molar-refractivity contribution in [2.45, 2.75) is 20.8 Å². The Labute approximate surface area is 109 Å². The van der Waals surface area contributed by atoms with Crippen LogP contribution in [0.25, 0.3) is 0 Å². The lowest BCUT2D eigenvalue weighted by Gasteiger charge is -2.36. The lowest BCUT2D eigenvalue weighted by Crippen LogP contribution is -2.46. The SMILES string of the molecule is CCN1CCN(c2cccc(C(C)=O)c2C)CC1. The maximum atomic E-state index is 11.6. The Hall–Kier alpha value is -1.35. The Kier molecular flexibility index (Phi) is 4.02. The van der Waals surface area contributed by atoms with Gasteiger partial charge in [0.25, 0.3) is 0 Å². The van der Waals surface area contributed by atoms with Gasteiger partial charge in [0.05, 0.1) is 0 Å². The molecule has 1 aliphatic heterocycles. The number of anilines is 1. The van der Waals surface area contributed by atoms with Crippen LogP contribution in [-0.4, -0.2) is 43.4 Å². The largest absolute Gasteiger partial charge is 0.369 e. The summed E-state index contributed by atoms with van der Waals surface area (Å²) in [6.45, 7) is 11.4. The summed E-state index contributed by atoms with van der Waals surface area (Å²) in [7, 11) is 0. The van der Waals surface area contributed by atoms with Crippen molar-refractivity contribution in [3.05, 3.63) is 29.3 Å². The van der Waals surface area contributed by atoms with Gasteiger partial charge >= 0.3 is 0 Å². The van der Waals surface area contributed by atoms with Crippen LogP contribution in [-0.2, 0) is 0 Å². The fourth-order valence-corrected chi connectivity index (χ4v) is 2.65. The number of nitrogens with zero attached hydrogens (tertiary/aromatic N) is 2. The van der Waals surface area contributed by atoms with E-state index < -0.39 is 0 Å². The van der Waals surface area contributed by atoms with Crippen LogP contribution in [0.3, 0.4) is 0 Å². The van der Waals surface area contributed by atoms with E-state index in [2.05, 4.69) is 29.7 Å². The molecule has 0 N–H and O–H groups in total. The van der Waals surface area contributed by atoms with Gasteiger partial charge in [-0.15, -0.1) is 0 Å². The van der Waals surface area contributed by atoms with Crippen molar-refractivity contribution < 1.29 is 4.79 Å². The number of hydrogen-bond acceptors (Lipinski definition) is 3. The summed E-state index contributed by atoms with van der Waals surface area (Å²) in [4.78, 5) is 16.4. The Morgan fingerprint density at radius 2 is 1.89 bits per heavy atom. The molecule has 0 bridgehead atoms.